The summed E-state index contributed by atoms with van der Waals surface area (Å²) < 4.78 is 0. The molecule has 0 aliphatic heterocycles. The van der Waals surface area contributed by atoms with E-state index in [9.17, 15) is 0 Å². The van der Waals surface area contributed by atoms with Crippen molar-refractivity contribution in [2.45, 2.75) is 20.0 Å². The van der Waals surface area contributed by atoms with Gasteiger partial charge in [-0.25, -0.2) is 4.98 Å². The van der Waals surface area contributed by atoms with E-state index >= 15 is 0 Å². The molecule has 0 unspecified atom stereocenters. The fourth-order valence-corrected chi connectivity index (χ4v) is 1.89. The van der Waals surface area contributed by atoms with E-state index in [1.807, 2.05) is 36.8 Å². The minimum Gasteiger partial charge on any atom is -0.355 e. The third-order valence-electron chi connectivity index (χ3n) is 2.95. The summed E-state index contributed by atoms with van der Waals surface area (Å²) in [4.78, 5) is 10.6. The maximum atomic E-state index is 4.43. The Balaban J connectivity index is 2.04. The molecule has 100 valence electrons. The second-order valence-electron chi connectivity index (χ2n) is 4.51. The first kappa shape index (κ1) is 13.5. The smallest absolute Gasteiger partial charge is 0.128 e. The van der Waals surface area contributed by atoms with Gasteiger partial charge in [0, 0.05) is 38.7 Å². The molecular formula is C15H20N4. The zero-order valence-corrected chi connectivity index (χ0v) is 11.5. The zero-order chi connectivity index (χ0) is 13.5. The molecular weight excluding hydrogens is 236 g/mol. The van der Waals surface area contributed by atoms with Gasteiger partial charge in [0.15, 0.2) is 0 Å². The van der Waals surface area contributed by atoms with Crippen LogP contribution in [-0.4, -0.2) is 23.6 Å². The summed E-state index contributed by atoms with van der Waals surface area (Å²) in [7, 11) is 2.06. The van der Waals surface area contributed by atoms with Gasteiger partial charge in [-0.2, -0.15) is 0 Å². The molecule has 1 N–H and O–H groups in total. The van der Waals surface area contributed by atoms with Gasteiger partial charge in [0.05, 0.1) is 0 Å². The minimum atomic E-state index is 0.834. The van der Waals surface area contributed by atoms with Crippen molar-refractivity contribution in [3.05, 3.63) is 54.0 Å². The lowest BCUT2D eigenvalue weighted by Gasteiger charge is -2.18. The Morgan fingerprint density at radius 1 is 1.11 bits per heavy atom. The van der Waals surface area contributed by atoms with Crippen LogP contribution in [0.4, 0.5) is 5.82 Å². The summed E-state index contributed by atoms with van der Waals surface area (Å²) in [6.45, 7) is 4.80. The second-order valence-corrected chi connectivity index (χ2v) is 4.51. The quantitative estimate of drug-likeness (QED) is 0.860. The van der Waals surface area contributed by atoms with Crippen LogP contribution < -0.4 is 10.2 Å². The first-order valence-corrected chi connectivity index (χ1v) is 6.55. The molecule has 0 saturated heterocycles. The predicted octanol–water partition coefficient (Wildman–Crippen LogP) is 2.22. The predicted molar refractivity (Wildman–Crippen MR) is 78.0 cm³/mol. The lowest BCUT2D eigenvalue weighted by atomic mass is 10.2. The summed E-state index contributed by atoms with van der Waals surface area (Å²) >= 11 is 0. The topological polar surface area (TPSA) is 41.1 Å². The van der Waals surface area contributed by atoms with E-state index in [4.69, 9.17) is 0 Å². The van der Waals surface area contributed by atoms with Gasteiger partial charge < -0.3 is 10.2 Å². The van der Waals surface area contributed by atoms with Crippen molar-refractivity contribution in [1.82, 2.24) is 15.3 Å². The molecule has 2 aromatic rings. The summed E-state index contributed by atoms with van der Waals surface area (Å²) in [6.07, 6.45) is 5.50. The molecule has 0 saturated carbocycles. The van der Waals surface area contributed by atoms with E-state index in [0.717, 1.165) is 25.5 Å². The van der Waals surface area contributed by atoms with Gasteiger partial charge in [0.1, 0.15) is 5.82 Å². The van der Waals surface area contributed by atoms with Gasteiger partial charge in [-0.05, 0) is 41.9 Å². The van der Waals surface area contributed by atoms with Crippen molar-refractivity contribution in [2.24, 2.45) is 0 Å². The number of nitrogens with zero attached hydrogens (tertiary/aromatic N) is 3. The average Bonchev–Trinajstić information content (AvgIpc) is 2.46. The summed E-state index contributed by atoms with van der Waals surface area (Å²) in [6, 6.07) is 8.23. The molecule has 0 atom stereocenters. The van der Waals surface area contributed by atoms with Crippen molar-refractivity contribution >= 4 is 5.82 Å². The Morgan fingerprint density at radius 3 is 2.58 bits per heavy atom. The van der Waals surface area contributed by atoms with Gasteiger partial charge in [-0.15, -0.1) is 0 Å². The Hall–Kier alpha value is -1.94. The maximum absolute atomic E-state index is 4.43. The molecule has 0 aromatic carbocycles. The number of nitrogens with one attached hydrogen (secondary N) is 1. The highest BCUT2D eigenvalue weighted by atomic mass is 15.2. The summed E-state index contributed by atoms with van der Waals surface area (Å²) in [5.74, 6) is 0.993. The highest BCUT2D eigenvalue weighted by molar-refractivity contribution is 5.40. The highest BCUT2D eigenvalue weighted by Gasteiger charge is 2.04. The van der Waals surface area contributed by atoms with Crippen LogP contribution in [0.15, 0.2) is 42.9 Å². The molecule has 2 aromatic heterocycles. The third-order valence-corrected chi connectivity index (χ3v) is 2.95. The Bertz CT molecular complexity index is 499. The SMILES string of the molecule is CCNCc1ccnc(N(C)Cc2ccncc2)c1. The molecule has 0 fully saturated rings. The van der Waals surface area contributed by atoms with Crippen LogP contribution in [-0.2, 0) is 13.1 Å². The Kier molecular flexibility index (Phi) is 4.86. The van der Waals surface area contributed by atoms with E-state index in [2.05, 4.69) is 40.2 Å². The van der Waals surface area contributed by atoms with Crippen LogP contribution in [0.1, 0.15) is 18.1 Å². The number of pyridine rings is 2. The molecule has 0 bridgehead atoms. The normalized spacial score (nSPS) is 10.4. The van der Waals surface area contributed by atoms with Gasteiger partial charge in [-0.1, -0.05) is 6.92 Å². The van der Waals surface area contributed by atoms with Gasteiger partial charge in [-0.3, -0.25) is 4.98 Å². The monoisotopic (exact) mass is 256 g/mol. The van der Waals surface area contributed by atoms with E-state index in [1.54, 1.807) is 0 Å². The minimum absolute atomic E-state index is 0.834. The van der Waals surface area contributed by atoms with Crippen LogP contribution in [0.3, 0.4) is 0 Å². The molecule has 19 heavy (non-hydrogen) atoms. The van der Waals surface area contributed by atoms with Crippen molar-refractivity contribution in [2.75, 3.05) is 18.5 Å². The fraction of sp³-hybridized carbons (Fsp3) is 0.333. The van der Waals surface area contributed by atoms with E-state index in [-0.39, 0.29) is 0 Å². The first-order valence-electron chi connectivity index (χ1n) is 6.55. The van der Waals surface area contributed by atoms with Crippen molar-refractivity contribution in [3.63, 3.8) is 0 Å². The molecule has 2 heterocycles. The van der Waals surface area contributed by atoms with E-state index < -0.39 is 0 Å². The number of aromatic nitrogens is 2. The molecule has 0 radical (unpaired) electrons. The van der Waals surface area contributed by atoms with Crippen molar-refractivity contribution in [3.8, 4) is 0 Å². The Morgan fingerprint density at radius 2 is 1.84 bits per heavy atom. The van der Waals surface area contributed by atoms with Crippen LogP contribution in [0, 0.1) is 0 Å². The number of rotatable bonds is 6. The first-order chi connectivity index (χ1) is 9.29. The number of anilines is 1. The summed E-state index contributed by atoms with van der Waals surface area (Å²) in [5, 5.41) is 3.33. The molecule has 0 aliphatic carbocycles. The number of hydrogen-bond donors (Lipinski definition) is 1. The summed E-state index contributed by atoms with van der Waals surface area (Å²) in [5.41, 5.74) is 2.49. The van der Waals surface area contributed by atoms with Gasteiger partial charge >= 0.3 is 0 Å². The molecule has 2 rings (SSSR count). The number of hydrogen-bond acceptors (Lipinski definition) is 4. The van der Waals surface area contributed by atoms with Crippen LogP contribution in [0.5, 0.6) is 0 Å². The molecule has 0 aliphatic rings. The zero-order valence-electron chi connectivity index (χ0n) is 11.5. The third kappa shape index (κ3) is 4.03. The lowest BCUT2D eigenvalue weighted by molar-refractivity contribution is 0.725. The van der Waals surface area contributed by atoms with Crippen molar-refractivity contribution in [1.29, 1.82) is 0 Å². The largest absolute Gasteiger partial charge is 0.355 e. The lowest BCUT2D eigenvalue weighted by Crippen LogP contribution is -2.18. The molecule has 0 spiro atoms. The van der Waals surface area contributed by atoms with Gasteiger partial charge in [0.2, 0.25) is 0 Å². The standard InChI is InChI=1S/C15H20N4/c1-3-16-11-14-6-9-18-15(10-14)19(2)12-13-4-7-17-8-5-13/h4-10,16H,3,11-12H2,1-2H3. The van der Waals surface area contributed by atoms with Crippen LogP contribution >= 0.6 is 0 Å². The molecule has 4 heteroatoms. The molecule has 0 amide bonds. The molecule has 4 nitrogen and oxygen atoms in total. The van der Waals surface area contributed by atoms with Gasteiger partial charge in [0.25, 0.3) is 0 Å². The fourth-order valence-electron chi connectivity index (χ4n) is 1.89. The Labute approximate surface area is 114 Å². The van der Waals surface area contributed by atoms with Crippen LogP contribution in [0.2, 0.25) is 0 Å². The highest BCUT2D eigenvalue weighted by Crippen LogP contribution is 2.13. The van der Waals surface area contributed by atoms with Crippen molar-refractivity contribution < 1.29 is 0 Å². The maximum Gasteiger partial charge on any atom is 0.128 e. The van der Waals surface area contributed by atoms with Crippen LogP contribution in [0.25, 0.3) is 0 Å². The van der Waals surface area contributed by atoms with E-state index in [0.29, 0.717) is 0 Å². The average molecular weight is 256 g/mol. The second kappa shape index (κ2) is 6.85. The van der Waals surface area contributed by atoms with E-state index in [1.165, 1.54) is 11.1 Å².